The molecule has 0 aromatic heterocycles. The molecule has 0 radical (unpaired) electrons. The van der Waals surface area contributed by atoms with E-state index >= 15 is 0 Å². The van der Waals surface area contributed by atoms with Crippen LogP contribution in [-0.4, -0.2) is 5.38 Å². The summed E-state index contributed by atoms with van der Waals surface area (Å²) in [5.41, 5.74) is 1.75. The molecule has 0 saturated heterocycles. The van der Waals surface area contributed by atoms with Crippen molar-refractivity contribution in [3.05, 3.63) is 46.5 Å². The lowest BCUT2D eigenvalue weighted by Crippen LogP contribution is -2.12. The molecule has 0 heterocycles. The zero-order valence-electron chi connectivity index (χ0n) is 10.2. The van der Waals surface area contributed by atoms with Crippen molar-refractivity contribution in [2.45, 2.75) is 37.7 Å². The van der Waals surface area contributed by atoms with Gasteiger partial charge in [0.15, 0.2) is 0 Å². The molecule has 0 spiro atoms. The maximum atomic E-state index is 13.0. The van der Waals surface area contributed by atoms with Crippen molar-refractivity contribution in [1.82, 2.24) is 0 Å². The molecule has 2 unspecified atom stereocenters. The first kappa shape index (κ1) is 13.5. The maximum Gasteiger partial charge on any atom is 0.416 e. The van der Waals surface area contributed by atoms with E-state index in [2.05, 4.69) is 0 Å². The van der Waals surface area contributed by atoms with Crippen molar-refractivity contribution in [3.8, 4) is 0 Å². The molecule has 1 aromatic carbocycles. The van der Waals surface area contributed by atoms with E-state index in [0.717, 1.165) is 17.2 Å². The first-order chi connectivity index (χ1) is 8.32. The molecule has 0 N–H and O–H groups in total. The van der Waals surface area contributed by atoms with Crippen LogP contribution >= 0.6 is 11.6 Å². The molecule has 98 valence electrons. The fourth-order valence-corrected chi connectivity index (χ4v) is 2.85. The van der Waals surface area contributed by atoms with Gasteiger partial charge in [-0.1, -0.05) is 29.3 Å². The van der Waals surface area contributed by atoms with Crippen LogP contribution in [0, 0.1) is 0 Å². The molecule has 0 fully saturated rings. The van der Waals surface area contributed by atoms with Crippen LogP contribution < -0.4 is 0 Å². The van der Waals surface area contributed by atoms with Gasteiger partial charge in [0.2, 0.25) is 0 Å². The largest absolute Gasteiger partial charge is 0.416 e. The monoisotopic (exact) mass is 274 g/mol. The summed E-state index contributed by atoms with van der Waals surface area (Å²) in [6.45, 7) is 3.76. The zero-order valence-corrected chi connectivity index (χ0v) is 10.9. The van der Waals surface area contributed by atoms with Gasteiger partial charge in [-0.15, -0.1) is 11.6 Å². The number of alkyl halides is 4. The molecule has 0 nitrogen and oxygen atoms in total. The van der Waals surface area contributed by atoms with E-state index in [1.165, 1.54) is 6.07 Å². The Morgan fingerprint density at radius 2 is 1.72 bits per heavy atom. The van der Waals surface area contributed by atoms with Gasteiger partial charge in [0, 0.05) is 5.92 Å². The number of benzene rings is 1. The van der Waals surface area contributed by atoms with Crippen molar-refractivity contribution in [2.24, 2.45) is 0 Å². The van der Waals surface area contributed by atoms with E-state index in [1.54, 1.807) is 12.1 Å². The third-order valence-electron chi connectivity index (χ3n) is 3.70. The molecule has 0 aliphatic heterocycles. The van der Waals surface area contributed by atoms with Gasteiger partial charge in [0.05, 0.1) is 10.9 Å². The number of hydrogen-bond acceptors (Lipinski definition) is 0. The van der Waals surface area contributed by atoms with E-state index in [0.29, 0.717) is 12.0 Å². The molecular formula is C14H14ClF3. The number of halogens is 4. The molecule has 2 atom stereocenters. The number of hydrogen-bond donors (Lipinski definition) is 0. The highest BCUT2D eigenvalue weighted by Crippen LogP contribution is 2.45. The zero-order chi connectivity index (χ0) is 13.5. The predicted molar refractivity (Wildman–Crippen MR) is 66.8 cm³/mol. The minimum absolute atomic E-state index is 0.156. The Hall–Kier alpha value is -0.960. The molecule has 0 bridgehead atoms. The second kappa shape index (κ2) is 4.61. The van der Waals surface area contributed by atoms with Gasteiger partial charge in [-0.2, -0.15) is 13.2 Å². The molecule has 1 aromatic rings. The van der Waals surface area contributed by atoms with Crippen molar-refractivity contribution < 1.29 is 13.2 Å². The van der Waals surface area contributed by atoms with Crippen LogP contribution in [0.2, 0.25) is 0 Å². The molecule has 1 aliphatic carbocycles. The Labute approximate surface area is 109 Å². The summed E-state index contributed by atoms with van der Waals surface area (Å²) in [7, 11) is 0. The fourth-order valence-electron chi connectivity index (χ4n) is 2.50. The van der Waals surface area contributed by atoms with Gasteiger partial charge in [0.1, 0.15) is 0 Å². The first-order valence-electron chi connectivity index (χ1n) is 5.80. The lowest BCUT2D eigenvalue weighted by Gasteiger charge is -2.19. The fraction of sp³-hybridized carbons (Fsp3) is 0.429. The van der Waals surface area contributed by atoms with Gasteiger partial charge >= 0.3 is 6.18 Å². The van der Waals surface area contributed by atoms with Crippen LogP contribution in [0.5, 0.6) is 0 Å². The molecule has 4 heteroatoms. The summed E-state index contributed by atoms with van der Waals surface area (Å²) in [5, 5.41) is -0.156. The maximum absolute atomic E-state index is 13.0. The van der Waals surface area contributed by atoms with E-state index in [9.17, 15) is 13.2 Å². The van der Waals surface area contributed by atoms with Gasteiger partial charge in [0.25, 0.3) is 0 Å². The normalized spacial score (nSPS) is 24.8. The van der Waals surface area contributed by atoms with Gasteiger partial charge in [-0.3, -0.25) is 0 Å². The van der Waals surface area contributed by atoms with Crippen LogP contribution in [-0.2, 0) is 6.18 Å². The summed E-state index contributed by atoms with van der Waals surface area (Å²) < 4.78 is 38.9. The summed E-state index contributed by atoms with van der Waals surface area (Å²) in [6.07, 6.45) is -3.76. The van der Waals surface area contributed by atoms with Crippen molar-refractivity contribution >= 4 is 11.6 Å². The smallest absolute Gasteiger partial charge is 0.166 e. The number of allylic oxidation sites excluding steroid dienone is 2. The van der Waals surface area contributed by atoms with Gasteiger partial charge < -0.3 is 0 Å². The van der Waals surface area contributed by atoms with Gasteiger partial charge in [-0.25, -0.2) is 0 Å². The summed E-state index contributed by atoms with van der Waals surface area (Å²) in [5.74, 6) is -0.217. The second-order valence-electron chi connectivity index (χ2n) is 4.71. The van der Waals surface area contributed by atoms with Crippen molar-refractivity contribution in [3.63, 3.8) is 0 Å². The molecule has 0 amide bonds. The van der Waals surface area contributed by atoms with Crippen LogP contribution in [0.15, 0.2) is 35.4 Å². The van der Waals surface area contributed by atoms with Crippen LogP contribution in [0.3, 0.4) is 0 Å². The third-order valence-corrected chi connectivity index (χ3v) is 4.20. The van der Waals surface area contributed by atoms with E-state index < -0.39 is 11.7 Å². The quantitative estimate of drug-likeness (QED) is 0.491. The van der Waals surface area contributed by atoms with Crippen molar-refractivity contribution in [1.29, 1.82) is 0 Å². The van der Waals surface area contributed by atoms with Crippen LogP contribution in [0.1, 0.15) is 37.3 Å². The Morgan fingerprint density at radius 3 is 2.22 bits per heavy atom. The highest BCUT2D eigenvalue weighted by molar-refractivity contribution is 6.22. The summed E-state index contributed by atoms with van der Waals surface area (Å²) >= 11 is 6.13. The average Bonchev–Trinajstić information content (AvgIpc) is 2.56. The van der Waals surface area contributed by atoms with Crippen LogP contribution in [0.25, 0.3) is 0 Å². The lowest BCUT2D eigenvalue weighted by molar-refractivity contribution is -0.138. The molecule has 2 rings (SSSR count). The lowest BCUT2D eigenvalue weighted by atomic mass is 9.89. The minimum atomic E-state index is -4.31. The molecular weight excluding hydrogens is 261 g/mol. The third kappa shape index (κ3) is 2.28. The number of rotatable bonds is 1. The molecule has 18 heavy (non-hydrogen) atoms. The molecule has 0 saturated carbocycles. The summed E-state index contributed by atoms with van der Waals surface area (Å²) in [6, 6.07) is 5.76. The predicted octanol–water partition coefficient (Wildman–Crippen LogP) is 5.14. The van der Waals surface area contributed by atoms with Gasteiger partial charge in [-0.05, 0) is 31.9 Å². The Bertz CT molecular complexity index is 488. The Kier molecular flexibility index (Phi) is 3.45. The highest BCUT2D eigenvalue weighted by Gasteiger charge is 2.37. The molecule has 1 aliphatic rings. The van der Waals surface area contributed by atoms with Crippen LogP contribution in [0.4, 0.5) is 13.2 Å². The Morgan fingerprint density at radius 1 is 1.11 bits per heavy atom. The standard InChI is InChI=1S/C14H14ClF3/c1-8-9(2)13(15)7-11(8)10-5-3-4-6-12(10)14(16,17)18/h3-6,11,13H,7H2,1-2H3. The van der Waals surface area contributed by atoms with Crippen molar-refractivity contribution in [2.75, 3.05) is 0 Å². The van der Waals surface area contributed by atoms with E-state index in [4.69, 9.17) is 11.6 Å². The Balaban J connectivity index is 2.48. The summed E-state index contributed by atoms with van der Waals surface area (Å²) in [4.78, 5) is 0. The van der Waals surface area contributed by atoms with E-state index in [1.807, 2.05) is 13.8 Å². The first-order valence-corrected chi connectivity index (χ1v) is 6.23. The van der Waals surface area contributed by atoms with E-state index in [-0.39, 0.29) is 11.3 Å². The highest BCUT2D eigenvalue weighted by atomic mass is 35.5. The topological polar surface area (TPSA) is 0 Å². The second-order valence-corrected chi connectivity index (χ2v) is 5.23. The SMILES string of the molecule is CC1=C(C)C(c2ccccc2C(F)(F)F)CC1Cl. The minimum Gasteiger partial charge on any atom is -0.166 e. The average molecular weight is 275 g/mol.